The average molecular weight is 380 g/mol. The maximum Gasteiger partial charge on any atom is 0.303 e. The molecule has 0 heterocycles. The first kappa shape index (κ1) is 19.1. The van der Waals surface area contributed by atoms with Gasteiger partial charge in [0, 0.05) is 17.3 Å². The first-order chi connectivity index (χ1) is 13.0. The van der Waals surface area contributed by atoms with Crippen LogP contribution in [0, 0.1) is 28.6 Å². The Morgan fingerprint density at radius 3 is 2.68 bits per heavy atom. The summed E-state index contributed by atoms with van der Waals surface area (Å²) in [5.74, 6) is -0.403. The van der Waals surface area contributed by atoms with E-state index in [1.54, 1.807) is 12.2 Å². The monoisotopic (exact) mass is 380 g/mol. The predicted molar refractivity (Wildman–Crippen MR) is 107 cm³/mol. The van der Waals surface area contributed by atoms with E-state index in [1.807, 2.05) is 6.08 Å². The largest absolute Gasteiger partial charge is 0.481 e. The van der Waals surface area contributed by atoms with Crippen molar-refractivity contribution in [2.75, 3.05) is 0 Å². The Hall–Kier alpha value is -2.20. The molecule has 0 amide bonds. The molecule has 4 rings (SSSR count). The number of carboxylic acid groups (broad SMARTS) is 1. The zero-order chi connectivity index (χ0) is 20.5. The van der Waals surface area contributed by atoms with Gasteiger partial charge in [-0.2, -0.15) is 0 Å². The number of hydrogen-bond donors (Lipinski definition) is 2. The molecule has 0 radical (unpaired) electrons. The second-order valence-electron chi connectivity index (χ2n) is 9.35. The van der Waals surface area contributed by atoms with E-state index in [-0.39, 0.29) is 35.9 Å². The highest BCUT2D eigenvalue weighted by molar-refractivity contribution is 6.01. The molecule has 4 aliphatic rings. The second kappa shape index (κ2) is 5.90. The molecule has 4 nitrogen and oxygen atoms in total. The lowest BCUT2D eigenvalue weighted by molar-refractivity contribution is -0.141. The van der Waals surface area contributed by atoms with E-state index in [0.29, 0.717) is 11.5 Å². The van der Waals surface area contributed by atoms with Crippen LogP contribution in [0.1, 0.15) is 39.5 Å². The molecule has 2 fully saturated rings. The average Bonchev–Trinajstić information content (AvgIpc) is 2.79. The molecule has 148 valence electrons. The van der Waals surface area contributed by atoms with Crippen molar-refractivity contribution < 1.29 is 19.8 Å². The minimum absolute atomic E-state index is 0.0122. The Morgan fingerprint density at radius 2 is 2.00 bits per heavy atom. The van der Waals surface area contributed by atoms with E-state index >= 15 is 0 Å². The minimum atomic E-state index is -1.25. The number of allylic oxidation sites excluding steroid dienone is 6. The summed E-state index contributed by atoms with van der Waals surface area (Å²) in [5.41, 5.74) is 0.541. The second-order valence-corrected chi connectivity index (χ2v) is 9.35. The van der Waals surface area contributed by atoms with Crippen LogP contribution in [0.4, 0.5) is 0 Å². The Kier molecular flexibility index (Phi) is 4.03. The first-order valence-electron chi connectivity index (χ1n) is 10.0. The van der Waals surface area contributed by atoms with E-state index < -0.39 is 17.0 Å². The van der Waals surface area contributed by atoms with Gasteiger partial charge < -0.3 is 10.2 Å². The molecule has 0 aromatic rings. The number of fused-ring (bicyclic) bond motifs is 5. The van der Waals surface area contributed by atoms with Crippen molar-refractivity contribution in [2.24, 2.45) is 28.6 Å². The molecule has 2 N–H and O–H groups in total. The van der Waals surface area contributed by atoms with Crippen LogP contribution in [0.15, 0.2) is 60.3 Å². The fourth-order valence-electron chi connectivity index (χ4n) is 6.50. The van der Waals surface area contributed by atoms with Gasteiger partial charge in [0.1, 0.15) is 0 Å². The highest BCUT2D eigenvalue weighted by atomic mass is 16.4. The minimum Gasteiger partial charge on any atom is -0.481 e. The van der Waals surface area contributed by atoms with Crippen LogP contribution < -0.4 is 0 Å². The zero-order valence-corrected chi connectivity index (χ0v) is 16.6. The third-order valence-corrected chi connectivity index (χ3v) is 8.20. The fraction of sp³-hybridized carbons (Fsp3) is 0.500. The van der Waals surface area contributed by atoms with Crippen molar-refractivity contribution in [2.45, 2.75) is 45.1 Å². The molecule has 0 aromatic carbocycles. The number of aliphatic carboxylic acids is 1. The normalized spacial score (nSPS) is 44.0. The van der Waals surface area contributed by atoms with Gasteiger partial charge in [-0.1, -0.05) is 45.2 Å². The highest BCUT2D eigenvalue weighted by Gasteiger charge is 2.65. The van der Waals surface area contributed by atoms with E-state index in [0.717, 1.165) is 24.0 Å². The highest BCUT2D eigenvalue weighted by Crippen LogP contribution is 2.68. The van der Waals surface area contributed by atoms with Gasteiger partial charge in [-0.25, -0.2) is 0 Å². The van der Waals surface area contributed by atoms with Crippen molar-refractivity contribution >= 4 is 11.8 Å². The lowest BCUT2D eigenvalue weighted by atomic mass is 9.48. The molecule has 0 bridgehead atoms. The lowest BCUT2D eigenvalue weighted by Gasteiger charge is -2.56. The van der Waals surface area contributed by atoms with Crippen molar-refractivity contribution in [1.29, 1.82) is 0 Å². The van der Waals surface area contributed by atoms with Crippen molar-refractivity contribution in [3.8, 4) is 0 Å². The maximum absolute atomic E-state index is 11.9. The van der Waals surface area contributed by atoms with Crippen molar-refractivity contribution in [3.05, 3.63) is 60.3 Å². The molecule has 0 aliphatic heterocycles. The van der Waals surface area contributed by atoms with Crippen LogP contribution in [0.25, 0.3) is 0 Å². The summed E-state index contributed by atoms with van der Waals surface area (Å²) in [6.07, 6.45) is 11.4. The molecule has 0 spiro atoms. The topological polar surface area (TPSA) is 74.6 Å². The molecule has 4 aliphatic carbocycles. The van der Waals surface area contributed by atoms with Crippen LogP contribution >= 0.6 is 0 Å². The SMILES string of the molecule is C=C1C(=C)[C@](O)(CCC(=O)O)[C@@]2(C)CC[C@H]3[C@@H](C=CC4=CC(=O)C=C[C@@]43C)[C@H]12. The van der Waals surface area contributed by atoms with E-state index in [4.69, 9.17) is 0 Å². The van der Waals surface area contributed by atoms with Gasteiger partial charge in [0.25, 0.3) is 0 Å². The number of hydrogen-bond acceptors (Lipinski definition) is 3. The molecule has 28 heavy (non-hydrogen) atoms. The Labute approximate surface area is 166 Å². The number of rotatable bonds is 3. The van der Waals surface area contributed by atoms with Crippen LogP contribution in [-0.2, 0) is 9.59 Å². The molecule has 6 atom stereocenters. The van der Waals surface area contributed by atoms with Crippen LogP contribution in [0.2, 0.25) is 0 Å². The summed E-state index contributed by atoms with van der Waals surface area (Å²) >= 11 is 0. The van der Waals surface area contributed by atoms with E-state index in [9.17, 15) is 19.8 Å². The summed E-state index contributed by atoms with van der Waals surface area (Å²) in [7, 11) is 0. The number of carbonyl (C=O) groups is 2. The van der Waals surface area contributed by atoms with E-state index in [1.165, 1.54) is 0 Å². The molecule has 4 heteroatoms. The number of ketones is 1. The smallest absolute Gasteiger partial charge is 0.303 e. The van der Waals surface area contributed by atoms with Gasteiger partial charge in [0.15, 0.2) is 5.78 Å². The van der Waals surface area contributed by atoms with Crippen molar-refractivity contribution in [3.63, 3.8) is 0 Å². The van der Waals surface area contributed by atoms with Gasteiger partial charge in [-0.05, 0) is 65.9 Å². The quantitative estimate of drug-likeness (QED) is 0.776. The Bertz CT molecular complexity index is 890. The first-order valence-corrected chi connectivity index (χ1v) is 10.0. The molecule has 0 unspecified atom stereocenters. The summed E-state index contributed by atoms with van der Waals surface area (Å²) in [4.78, 5) is 23.0. The third kappa shape index (κ3) is 2.27. The maximum atomic E-state index is 11.9. The molecule has 0 aromatic heterocycles. The van der Waals surface area contributed by atoms with Gasteiger partial charge in [-0.15, -0.1) is 0 Å². The molecule has 2 saturated carbocycles. The van der Waals surface area contributed by atoms with E-state index in [2.05, 4.69) is 39.2 Å². The van der Waals surface area contributed by atoms with Gasteiger partial charge >= 0.3 is 5.97 Å². The van der Waals surface area contributed by atoms with Crippen LogP contribution in [-0.4, -0.2) is 27.6 Å². The molecular formula is C24H28O4. The predicted octanol–water partition coefficient (Wildman–Crippen LogP) is 4.00. The Morgan fingerprint density at radius 1 is 1.29 bits per heavy atom. The number of carbonyl (C=O) groups excluding carboxylic acids is 1. The van der Waals surface area contributed by atoms with Crippen molar-refractivity contribution in [1.82, 2.24) is 0 Å². The number of carboxylic acids is 1. The fourth-order valence-corrected chi connectivity index (χ4v) is 6.50. The third-order valence-electron chi connectivity index (χ3n) is 8.20. The number of aliphatic hydroxyl groups is 1. The molecule has 0 saturated heterocycles. The Balaban J connectivity index is 1.77. The molecular weight excluding hydrogens is 352 g/mol. The van der Waals surface area contributed by atoms with Gasteiger partial charge in [0.2, 0.25) is 0 Å². The van der Waals surface area contributed by atoms with Crippen LogP contribution in [0.3, 0.4) is 0 Å². The van der Waals surface area contributed by atoms with Gasteiger partial charge in [0.05, 0.1) is 5.60 Å². The summed E-state index contributed by atoms with van der Waals surface area (Å²) < 4.78 is 0. The lowest BCUT2D eigenvalue weighted by Crippen LogP contribution is -2.53. The standard InChI is InChI=1S/C24H28O4/c1-14-15(2)24(28,12-9-20(26)27)23(4)11-8-19-18(21(14)23)6-5-16-13-17(25)7-10-22(16,19)3/h5-7,10,13,18-19,21,28H,1-2,8-9,11-12H2,3-4H3,(H,26,27)/t18-,19+,21+,22+,23+,24-/m1/s1. The van der Waals surface area contributed by atoms with Gasteiger partial charge in [-0.3, -0.25) is 9.59 Å². The summed E-state index contributed by atoms with van der Waals surface area (Å²) in [5, 5.41) is 20.8. The summed E-state index contributed by atoms with van der Waals surface area (Å²) in [6, 6.07) is 0. The zero-order valence-electron chi connectivity index (χ0n) is 16.6. The van der Waals surface area contributed by atoms with Crippen LogP contribution in [0.5, 0.6) is 0 Å². The summed E-state index contributed by atoms with van der Waals surface area (Å²) in [6.45, 7) is 12.7.